The van der Waals surface area contributed by atoms with Gasteiger partial charge in [0.05, 0.1) is 12.2 Å². The van der Waals surface area contributed by atoms with E-state index in [2.05, 4.69) is 28.1 Å². The SMILES string of the molecule is CC1(C)CC(CCOc2ccc(-c3cc(COc4cc5c(cn4)[C@@H]4C[C@@H]4C5)c(F)cc3C(F)(F)F)cc2P)C1. The third kappa shape index (κ3) is 5.52. The molecule has 3 aliphatic carbocycles. The molecule has 206 valence electrons. The second kappa shape index (κ2) is 9.76. The highest BCUT2D eigenvalue weighted by molar-refractivity contribution is 7.27. The first-order valence-electron chi connectivity index (χ1n) is 13.5. The molecule has 1 aromatic heterocycles. The van der Waals surface area contributed by atoms with E-state index in [1.807, 2.05) is 12.3 Å². The Kier molecular flexibility index (Phi) is 6.65. The van der Waals surface area contributed by atoms with Crippen LogP contribution in [0, 0.1) is 23.1 Å². The van der Waals surface area contributed by atoms with Crippen molar-refractivity contribution in [3.05, 3.63) is 70.7 Å². The lowest BCUT2D eigenvalue weighted by Gasteiger charge is -2.42. The molecule has 3 aliphatic rings. The van der Waals surface area contributed by atoms with Crippen LogP contribution in [0.15, 0.2) is 42.6 Å². The lowest BCUT2D eigenvalue weighted by atomic mass is 9.63. The Morgan fingerprint density at radius 1 is 1.08 bits per heavy atom. The molecule has 2 fully saturated rings. The number of aromatic nitrogens is 1. The molecule has 6 rings (SSSR count). The van der Waals surface area contributed by atoms with Gasteiger partial charge in [0.2, 0.25) is 5.88 Å². The number of nitrogens with zero attached hydrogens (tertiary/aromatic N) is 1. The predicted molar refractivity (Wildman–Crippen MR) is 146 cm³/mol. The maximum absolute atomic E-state index is 14.9. The van der Waals surface area contributed by atoms with Gasteiger partial charge in [-0.15, -0.1) is 9.24 Å². The fourth-order valence-corrected chi connectivity index (χ4v) is 6.82. The molecule has 3 aromatic rings. The molecule has 0 spiro atoms. The number of fused-ring (bicyclic) bond motifs is 3. The topological polar surface area (TPSA) is 31.4 Å². The Balaban J connectivity index is 1.19. The van der Waals surface area contributed by atoms with Gasteiger partial charge in [-0.3, -0.25) is 0 Å². The summed E-state index contributed by atoms with van der Waals surface area (Å²) >= 11 is 0. The van der Waals surface area contributed by atoms with E-state index in [1.165, 1.54) is 36.5 Å². The van der Waals surface area contributed by atoms with Gasteiger partial charge in [0.15, 0.2) is 0 Å². The highest BCUT2D eigenvalue weighted by Gasteiger charge is 2.45. The maximum atomic E-state index is 14.9. The number of halogens is 4. The third-order valence-electron chi connectivity index (χ3n) is 8.46. The molecule has 2 saturated carbocycles. The lowest BCUT2D eigenvalue weighted by molar-refractivity contribution is -0.137. The van der Waals surface area contributed by atoms with Gasteiger partial charge in [0, 0.05) is 23.1 Å². The van der Waals surface area contributed by atoms with Crippen LogP contribution < -0.4 is 14.8 Å². The van der Waals surface area contributed by atoms with Gasteiger partial charge in [-0.2, -0.15) is 13.2 Å². The van der Waals surface area contributed by atoms with Crippen molar-refractivity contribution >= 4 is 14.5 Å². The highest BCUT2D eigenvalue weighted by atomic mass is 31.0. The normalized spacial score (nSPS) is 21.2. The Bertz CT molecular complexity index is 1410. The van der Waals surface area contributed by atoms with E-state index in [0.717, 1.165) is 12.8 Å². The third-order valence-corrected chi connectivity index (χ3v) is 8.91. The molecule has 39 heavy (non-hydrogen) atoms. The molecule has 2 aromatic carbocycles. The van der Waals surface area contributed by atoms with Crippen molar-refractivity contribution in [2.24, 2.45) is 17.3 Å². The second-order valence-corrected chi connectivity index (χ2v) is 12.8. The van der Waals surface area contributed by atoms with Crippen LogP contribution in [0.1, 0.15) is 67.7 Å². The summed E-state index contributed by atoms with van der Waals surface area (Å²) in [5.41, 5.74) is 2.10. The van der Waals surface area contributed by atoms with Crippen LogP contribution in [0.4, 0.5) is 17.6 Å². The summed E-state index contributed by atoms with van der Waals surface area (Å²) in [4.78, 5) is 4.34. The average molecular weight is 558 g/mol. The van der Waals surface area contributed by atoms with Crippen molar-refractivity contribution in [3.63, 3.8) is 0 Å². The minimum atomic E-state index is -4.72. The molecule has 0 amide bonds. The summed E-state index contributed by atoms with van der Waals surface area (Å²) in [6.07, 6.45) is 2.62. The minimum Gasteiger partial charge on any atom is -0.493 e. The maximum Gasteiger partial charge on any atom is 0.417 e. The largest absolute Gasteiger partial charge is 0.493 e. The van der Waals surface area contributed by atoms with Crippen LogP contribution in [0.25, 0.3) is 11.1 Å². The van der Waals surface area contributed by atoms with Gasteiger partial charge in [-0.25, -0.2) is 9.37 Å². The predicted octanol–water partition coefficient (Wildman–Crippen LogP) is 7.85. The average Bonchev–Trinajstić information content (AvgIpc) is 3.52. The molecule has 1 unspecified atom stereocenters. The minimum absolute atomic E-state index is 0.0391. The first-order chi connectivity index (χ1) is 18.5. The van der Waals surface area contributed by atoms with Crippen molar-refractivity contribution < 1.29 is 27.0 Å². The molecule has 0 bridgehead atoms. The van der Waals surface area contributed by atoms with Crippen molar-refractivity contribution in [2.75, 3.05) is 6.61 Å². The van der Waals surface area contributed by atoms with Crippen LogP contribution in [0.3, 0.4) is 0 Å². The highest BCUT2D eigenvalue weighted by Crippen LogP contribution is 2.56. The van der Waals surface area contributed by atoms with Crippen molar-refractivity contribution in [2.45, 2.75) is 64.7 Å². The Morgan fingerprint density at radius 3 is 2.59 bits per heavy atom. The lowest BCUT2D eigenvalue weighted by Crippen LogP contribution is -2.32. The van der Waals surface area contributed by atoms with E-state index in [1.54, 1.807) is 18.2 Å². The van der Waals surface area contributed by atoms with E-state index in [9.17, 15) is 17.6 Å². The molecule has 0 radical (unpaired) electrons. The van der Waals surface area contributed by atoms with Crippen molar-refractivity contribution in [3.8, 4) is 22.8 Å². The molecule has 3 atom stereocenters. The second-order valence-electron chi connectivity index (χ2n) is 12.1. The zero-order valence-electron chi connectivity index (χ0n) is 22.1. The number of benzene rings is 2. The molecule has 8 heteroatoms. The molecule has 3 nitrogen and oxygen atoms in total. The number of pyridine rings is 1. The van der Waals surface area contributed by atoms with Crippen molar-refractivity contribution in [1.82, 2.24) is 4.98 Å². The Labute approximate surface area is 228 Å². The van der Waals surface area contributed by atoms with E-state index in [0.29, 0.717) is 58.3 Å². The summed E-state index contributed by atoms with van der Waals surface area (Å²) in [5, 5.41) is 0.650. The number of ether oxygens (including phenoxy) is 2. The van der Waals surface area contributed by atoms with E-state index in [4.69, 9.17) is 9.47 Å². The van der Waals surface area contributed by atoms with E-state index >= 15 is 0 Å². The monoisotopic (exact) mass is 557 g/mol. The van der Waals surface area contributed by atoms with Gasteiger partial charge in [0.1, 0.15) is 18.2 Å². The van der Waals surface area contributed by atoms with Crippen molar-refractivity contribution in [1.29, 1.82) is 0 Å². The Hall–Kier alpha value is -2.66. The van der Waals surface area contributed by atoms with Gasteiger partial charge in [-0.1, -0.05) is 19.9 Å². The molecule has 0 aliphatic heterocycles. The Morgan fingerprint density at radius 2 is 1.87 bits per heavy atom. The van der Waals surface area contributed by atoms with Crippen LogP contribution in [0.5, 0.6) is 11.6 Å². The summed E-state index contributed by atoms with van der Waals surface area (Å²) in [6, 6.07) is 8.57. The summed E-state index contributed by atoms with van der Waals surface area (Å²) in [6.45, 7) is 4.86. The number of alkyl halides is 3. The summed E-state index contributed by atoms with van der Waals surface area (Å²) in [7, 11) is 2.54. The van der Waals surface area contributed by atoms with Crippen LogP contribution in [0.2, 0.25) is 0 Å². The number of hydrogen-bond donors (Lipinski definition) is 0. The first-order valence-corrected chi connectivity index (χ1v) is 14.1. The van der Waals surface area contributed by atoms with E-state index in [-0.39, 0.29) is 17.7 Å². The molecular formula is C31H32F4NO2P. The van der Waals surface area contributed by atoms with E-state index < -0.39 is 17.6 Å². The van der Waals surface area contributed by atoms with Crippen LogP contribution in [-0.2, 0) is 19.2 Å². The molecule has 0 saturated heterocycles. The summed E-state index contributed by atoms with van der Waals surface area (Å²) < 4.78 is 68.4. The van der Waals surface area contributed by atoms with Gasteiger partial charge in [-0.05, 0) is 102 Å². The molecule has 0 N–H and O–H groups in total. The first kappa shape index (κ1) is 26.6. The smallest absolute Gasteiger partial charge is 0.417 e. The quantitative estimate of drug-likeness (QED) is 0.209. The fraction of sp³-hybridized carbons (Fsp3) is 0.452. The summed E-state index contributed by atoms with van der Waals surface area (Å²) in [5.74, 6) is 1.96. The van der Waals surface area contributed by atoms with Gasteiger partial charge in [0.25, 0.3) is 0 Å². The standard InChI is InChI=1S/C31H32F4NO2P/c1-30(2)13-17(14-30)5-6-37-27-4-3-18(10-28(27)39)23-9-21(26(32)12-25(23)31(33,34)35)16-38-29-11-20-7-19-8-22(19)24(20)15-36-29/h3-4,9-12,15,17,19,22H,5-8,13-14,16,39H2,1-2H3/t19-,22+/m0/s1. The fourth-order valence-electron chi connectivity index (χ4n) is 6.46. The van der Waals surface area contributed by atoms with Crippen LogP contribution in [-0.4, -0.2) is 11.6 Å². The van der Waals surface area contributed by atoms with Gasteiger partial charge < -0.3 is 9.47 Å². The van der Waals surface area contributed by atoms with Crippen LogP contribution >= 0.6 is 9.24 Å². The molecular weight excluding hydrogens is 525 g/mol. The molecule has 1 heterocycles. The zero-order valence-corrected chi connectivity index (χ0v) is 23.2. The number of rotatable bonds is 8. The zero-order chi connectivity index (χ0) is 27.5. The van der Waals surface area contributed by atoms with Gasteiger partial charge >= 0.3 is 6.18 Å². The number of hydrogen-bond acceptors (Lipinski definition) is 3.